The van der Waals surface area contributed by atoms with Gasteiger partial charge in [-0.05, 0) is 0 Å². The fraction of sp³-hybridized carbons (Fsp3) is 0.800. The second-order valence-electron chi connectivity index (χ2n) is 1.96. The molecule has 10 heavy (non-hydrogen) atoms. The van der Waals surface area contributed by atoms with Gasteiger partial charge in [0.1, 0.15) is 0 Å². The average Bonchev–Trinajstić information content (AvgIpc) is 1.90. The van der Waals surface area contributed by atoms with Crippen molar-refractivity contribution in [1.82, 2.24) is 0 Å². The van der Waals surface area contributed by atoms with E-state index < -0.39 is 24.9 Å². The fourth-order valence-electron chi connectivity index (χ4n) is 0.423. The SMILES string of the molecule is O=CC(O)(O)C(CO)CO. The Morgan fingerprint density at radius 1 is 1.30 bits per heavy atom. The molecule has 0 aliphatic rings. The van der Waals surface area contributed by atoms with Gasteiger partial charge in [0.25, 0.3) is 0 Å². The molecule has 0 bridgehead atoms. The molecule has 0 saturated heterocycles. The van der Waals surface area contributed by atoms with E-state index in [1.165, 1.54) is 0 Å². The maximum Gasteiger partial charge on any atom is 0.228 e. The lowest BCUT2D eigenvalue weighted by Crippen LogP contribution is -2.43. The molecule has 0 fully saturated rings. The van der Waals surface area contributed by atoms with Crippen molar-refractivity contribution < 1.29 is 25.2 Å². The van der Waals surface area contributed by atoms with Crippen molar-refractivity contribution in [3.05, 3.63) is 0 Å². The molecule has 60 valence electrons. The van der Waals surface area contributed by atoms with E-state index in [4.69, 9.17) is 20.4 Å². The number of aldehydes is 1. The van der Waals surface area contributed by atoms with Gasteiger partial charge in [0, 0.05) is 0 Å². The van der Waals surface area contributed by atoms with Gasteiger partial charge in [-0.25, -0.2) is 0 Å². The molecular formula is C5H10O5. The lowest BCUT2D eigenvalue weighted by Gasteiger charge is -2.21. The third-order valence-corrected chi connectivity index (χ3v) is 1.22. The largest absolute Gasteiger partial charge is 0.396 e. The van der Waals surface area contributed by atoms with Crippen LogP contribution in [0.5, 0.6) is 0 Å². The molecule has 0 aromatic carbocycles. The van der Waals surface area contributed by atoms with Crippen molar-refractivity contribution in [1.29, 1.82) is 0 Å². The number of hydrogen-bond acceptors (Lipinski definition) is 5. The molecule has 0 unspecified atom stereocenters. The number of hydrogen-bond donors (Lipinski definition) is 4. The van der Waals surface area contributed by atoms with E-state index >= 15 is 0 Å². The lowest BCUT2D eigenvalue weighted by atomic mass is 10.0. The van der Waals surface area contributed by atoms with Crippen LogP contribution < -0.4 is 0 Å². The minimum atomic E-state index is -2.62. The standard InChI is InChI=1S/C5H10O5/c6-1-4(2-7)5(9,10)3-8/h3-4,6-7,9-10H,1-2H2. The van der Waals surface area contributed by atoms with Crippen molar-refractivity contribution in [2.75, 3.05) is 13.2 Å². The van der Waals surface area contributed by atoms with Crippen LogP contribution in [0.2, 0.25) is 0 Å². The smallest absolute Gasteiger partial charge is 0.228 e. The summed E-state index contributed by atoms with van der Waals surface area (Å²) in [5.74, 6) is -3.85. The average molecular weight is 150 g/mol. The van der Waals surface area contributed by atoms with Crippen molar-refractivity contribution in [3.8, 4) is 0 Å². The van der Waals surface area contributed by atoms with Crippen LogP contribution in [0.1, 0.15) is 0 Å². The molecular weight excluding hydrogens is 140 g/mol. The summed E-state index contributed by atoms with van der Waals surface area (Å²) in [5.41, 5.74) is 0. The summed E-state index contributed by atoms with van der Waals surface area (Å²) < 4.78 is 0. The zero-order valence-corrected chi connectivity index (χ0v) is 5.27. The summed E-state index contributed by atoms with van der Waals surface area (Å²) in [6, 6.07) is 0. The second-order valence-corrected chi connectivity index (χ2v) is 1.96. The maximum absolute atomic E-state index is 9.86. The molecule has 5 nitrogen and oxygen atoms in total. The van der Waals surface area contributed by atoms with E-state index in [0.717, 1.165) is 0 Å². The molecule has 0 aromatic rings. The molecule has 0 rings (SSSR count). The number of aliphatic hydroxyl groups excluding tert-OH is 2. The fourth-order valence-corrected chi connectivity index (χ4v) is 0.423. The van der Waals surface area contributed by atoms with Gasteiger partial charge in [-0.2, -0.15) is 0 Å². The first kappa shape index (κ1) is 9.51. The topological polar surface area (TPSA) is 98.0 Å². The molecule has 0 spiro atoms. The van der Waals surface area contributed by atoms with Crippen molar-refractivity contribution in [2.24, 2.45) is 5.92 Å². The summed E-state index contributed by atoms with van der Waals surface area (Å²) in [6.07, 6.45) is -0.135. The predicted molar refractivity (Wildman–Crippen MR) is 30.9 cm³/mol. The van der Waals surface area contributed by atoms with Gasteiger partial charge < -0.3 is 20.4 Å². The first-order valence-corrected chi connectivity index (χ1v) is 2.71. The Morgan fingerprint density at radius 2 is 1.70 bits per heavy atom. The highest BCUT2D eigenvalue weighted by Gasteiger charge is 2.32. The number of rotatable bonds is 4. The molecule has 0 saturated carbocycles. The first-order chi connectivity index (χ1) is 4.58. The Hall–Kier alpha value is -0.490. The molecule has 0 amide bonds. The van der Waals surface area contributed by atoms with E-state index in [2.05, 4.69) is 0 Å². The lowest BCUT2D eigenvalue weighted by molar-refractivity contribution is -0.201. The maximum atomic E-state index is 9.86. The van der Waals surface area contributed by atoms with E-state index in [1.807, 2.05) is 0 Å². The van der Waals surface area contributed by atoms with E-state index in [0.29, 0.717) is 0 Å². The summed E-state index contributed by atoms with van der Waals surface area (Å²) in [6.45, 7) is -1.30. The number of carbonyl (C=O) groups excluding carboxylic acids is 1. The van der Waals surface area contributed by atoms with Crippen LogP contribution in [-0.4, -0.2) is 45.7 Å². The number of carbonyl (C=O) groups is 1. The van der Waals surface area contributed by atoms with Crippen LogP contribution in [0.4, 0.5) is 0 Å². The molecule has 0 aliphatic heterocycles. The minimum Gasteiger partial charge on any atom is -0.396 e. The quantitative estimate of drug-likeness (QED) is 0.261. The molecule has 4 N–H and O–H groups in total. The zero-order chi connectivity index (χ0) is 8.20. The highest BCUT2D eigenvalue weighted by atomic mass is 16.5. The second kappa shape index (κ2) is 3.62. The molecule has 0 heterocycles. The highest BCUT2D eigenvalue weighted by Crippen LogP contribution is 2.09. The Kier molecular flexibility index (Phi) is 3.45. The summed E-state index contributed by atoms with van der Waals surface area (Å²) in [4.78, 5) is 9.86. The summed E-state index contributed by atoms with van der Waals surface area (Å²) >= 11 is 0. The molecule has 0 atom stereocenters. The Morgan fingerprint density at radius 3 is 1.80 bits per heavy atom. The van der Waals surface area contributed by atoms with E-state index in [9.17, 15) is 4.79 Å². The predicted octanol–water partition coefficient (Wildman–Crippen LogP) is -2.53. The minimum absolute atomic E-state index is 0.135. The van der Waals surface area contributed by atoms with Crippen LogP contribution in [0.15, 0.2) is 0 Å². The molecule has 0 aliphatic carbocycles. The van der Waals surface area contributed by atoms with Gasteiger partial charge in [-0.3, -0.25) is 4.79 Å². The summed E-state index contributed by atoms with van der Waals surface area (Å²) in [7, 11) is 0. The normalized spacial score (nSPS) is 12.1. The van der Waals surface area contributed by atoms with Crippen LogP contribution in [0.3, 0.4) is 0 Å². The van der Waals surface area contributed by atoms with Crippen molar-refractivity contribution in [2.45, 2.75) is 5.79 Å². The van der Waals surface area contributed by atoms with Gasteiger partial charge in [0.05, 0.1) is 19.1 Å². The van der Waals surface area contributed by atoms with Crippen molar-refractivity contribution in [3.63, 3.8) is 0 Å². The molecule has 5 heteroatoms. The number of aliphatic hydroxyl groups is 4. The van der Waals surface area contributed by atoms with Gasteiger partial charge in [0.2, 0.25) is 5.79 Å². The Labute approximate surface area is 57.5 Å². The van der Waals surface area contributed by atoms with Crippen LogP contribution in [0.25, 0.3) is 0 Å². The van der Waals surface area contributed by atoms with Gasteiger partial charge in [-0.1, -0.05) is 0 Å². The van der Waals surface area contributed by atoms with Crippen LogP contribution in [-0.2, 0) is 4.79 Å². The van der Waals surface area contributed by atoms with Crippen LogP contribution in [0, 0.1) is 5.92 Å². The third kappa shape index (κ3) is 2.03. The van der Waals surface area contributed by atoms with Gasteiger partial charge >= 0.3 is 0 Å². The zero-order valence-electron chi connectivity index (χ0n) is 5.27. The van der Waals surface area contributed by atoms with Gasteiger partial charge in [-0.15, -0.1) is 0 Å². The van der Waals surface area contributed by atoms with E-state index in [-0.39, 0.29) is 6.29 Å². The summed E-state index contributed by atoms with van der Waals surface area (Å²) in [5, 5.41) is 34.0. The molecule has 0 radical (unpaired) electrons. The van der Waals surface area contributed by atoms with E-state index in [1.54, 1.807) is 0 Å². The van der Waals surface area contributed by atoms with Crippen LogP contribution >= 0.6 is 0 Å². The highest BCUT2D eigenvalue weighted by molar-refractivity contribution is 5.59. The van der Waals surface area contributed by atoms with Gasteiger partial charge in [0.15, 0.2) is 6.29 Å². The Bertz CT molecular complexity index is 107. The monoisotopic (exact) mass is 150 g/mol. The van der Waals surface area contributed by atoms with Crippen molar-refractivity contribution >= 4 is 6.29 Å². The Balaban J connectivity index is 4.10. The third-order valence-electron chi connectivity index (χ3n) is 1.22. The molecule has 0 aromatic heterocycles. The first-order valence-electron chi connectivity index (χ1n) is 2.71.